The molecule has 132 valence electrons. The van der Waals surface area contributed by atoms with Gasteiger partial charge >= 0.3 is 0 Å². The highest BCUT2D eigenvalue weighted by Gasteiger charge is 2.18. The number of amides is 1. The lowest BCUT2D eigenvalue weighted by Gasteiger charge is -2.13. The Hall–Kier alpha value is -0.890. The zero-order valence-corrected chi connectivity index (χ0v) is 16.0. The van der Waals surface area contributed by atoms with Crippen molar-refractivity contribution in [3.63, 3.8) is 0 Å². The summed E-state index contributed by atoms with van der Waals surface area (Å²) in [6.45, 7) is 1.98. The molecule has 0 aliphatic carbocycles. The second kappa shape index (κ2) is 10.8. The van der Waals surface area contributed by atoms with E-state index in [1.165, 1.54) is 0 Å². The van der Waals surface area contributed by atoms with E-state index in [0.717, 1.165) is 36.1 Å². The number of hydrogen-bond donors (Lipinski definition) is 1. The molecule has 0 fully saturated rings. The van der Waals surface area contributed by atoms with Crippen LogP contribution in [0.4, 0.5) is 0 Å². The van der Waals surface area contributed by atoms with Crippen LogP contribution in [0.15, 0.2) is 21.5 Å². The fraction of sp³-hybridized carbons (Fsp3) is 0.571. The third-order valence-corrected chi connectivity index (χ3v) is 3.91. The summed E-state index contributed by atoms with van der Waals surface area (Å²) in [5.74, 6) is 4.38. The van der Waals surface area contributed by atoms with Gasteiger partial charge in [-0.3, -0.25) is 4.79 Å². The van der Waals surface area contributed by atoms with Crippen LogP contribution in [0.5, 0.6) is 0 Å². The molecule has 0 radical (unpaired) electrons. The zero-order valence-electron chi connectivity index (χ0n) is 13.6. The van der Waals surface area contributed by atoms with Crippen molar-refractivity contribution in [1.82, 2.24) is 15.1 Å². The monoisotopic (exact) mass is 382 g/mol. The molecule has 1 aliphatic heterocycles. The number of carbonyl (C=O) groups excluding carboxylic acids is 1. The maximum absolute atomic E-state index is 11.1. The molecule has 0 saturated heterocycles. The first kappa shape index (κ1) is 22.1. The van der Waals surface area contributed by atoms with Crippen molar-refractivity contribution in [2.75, 3.05) is 40.0 Å². The molecule has 1 aromatic heterocycles. The number of nitrogens with one attached hydrogen (secondary N) is 1. The van der Waals surface area contributed by atoms with E-state index >= 15 is 0 Å². The van der Waals surface area contributed by atoms with Crippen LogP contribution in [0.3, 0.4) is 0 Å². The van der Waals surface area contributed by atoms with E-state index in [9.17, 15) is 4.79 Å². The smallest absolute Gasteiger partial charge is 0.268 e. The topological polar surface area (TPSA) is 61.1 Å². The molecule has 0 spiro atoms. The number of halogens is 2. The summed E-state index contributed by atoms with van der Waals surface area (Å²) >= 11 is 1.80. The number of likely N-dealkylation sites (N-methyl/N-ethyl adjacent to an activating group) is 1. The molecule has 0 unspecified atom stereocenters. The minimum Gasteiger partial charge on any atom is -0.464 e. The summed E-state index contributed by atoms with van der Waals surface area (Å²) < 4.78 is 5.75. The number of aliphatic imine (C=N–C) groups is 1. The third-order valence-electron chi connectivity index (χ3n) is 2.93. The van der Waals surface area contributed by atoms with E-state index in [-0.39, 0.29) is 30.7 Å². The van der Waals surface area contributed by atoms with Gasteiger partial charge in [-0.2, -0.15) is 16.8 Å². The predicted molar refractivity (Wildman–Crippen MR) is 99.8 cm³/mol. The molecule has 23 heavy (non-hydrogen) atoms. The zero-order chi connectivity index (χ0) is 15.2. The van der Waals surface area contributed by atoms with Crippen molar-refractivity contribution in [3.8, 4) is 0 Å². The van der Waals surface area contributed by atoms with Crippen LogP contribution in [0.2, 0.25) is 0 Å². The van der Waals surface area contributed by atoms with E-state index in [2.05, 4.69) is 15.2 Å². The van der Waals surface area contributed by atoms with Gasteiger partial charge in [0, 0.05) is 19.3 Å². The van der Waals surface area contributed by atoms with Crippen LogP contribution in [0.25, 0.3) is 0 Å². The van der Waals surface area contributed by atoms with Crippen LogP contribution in [-0.4, -0.2) is 61.7 Å². The van der Waals surface area contributed by atoms with Crippen molar-refractivity contribution in [2.45, 2.75) is 12.3 Å². The van der Waals surface area contributed by atoms with Gasteiger partial charge in [0.25, 0.3) is 5.91 Å². The number of hydrogen-bond acceptors (Lipinski definition) is 6. The SMILES string of the molecule is CN(C)Cc1ccc(CSCCNC2=NC(=O)CN2C)o1.Cl.Cl. The second-order valence-electron chi connectivity index (χ2n) is 5.27. The van der Waals surface area contributed by atoms with Gasteiger partial charge in [0.1, 0.15) is 18.1 Å². The predicted octanol–water partition coefficient (Wildman–Crippen LogP) is 1.84. The highest BCUT2D eigenvalue weighted by atomic mass is 35.5. The van der Waals surface area contributed by atoms with Crippen molar-refractivity contribution in [3.05, 3.63) is 23.7 Å². The lowest BCUT2D eigenvalue weighted by atomic mass is 10.4. The summed E-state index contributed by atoms with van der Waals surface area (Å²) in [7, 11) is 5.91. The van der Waals surface area contributed by atoms with Crippen LogP contribution in [-0.2, 0) is 17.1 Å². The lowest BCUT2D eigenvalue weighted by molar-refractivity contribution is -0.116. The highest BCUT2D eigenvalue weighted by molar-refractivity contribution is 7.98. The first-order valence-electron chi connectivity index (χ1n) is 6.91. The molecule has 0 atom stereocenters. The number of furan rings is 1. The molecule has 2 heterocycles. The molecule has 0 saturated carbocycles. The Bertz CT molecular complexity index is 523. The summed E-state index contributed by atoms with van der Waals surface area (Å²) in [6.07, 6.45) is 0. The van der Waals surface area contributed by atoms with Gasteiger partial charge in [0.15, 0.2) is 0 Å². The molecule has 6 nitrogen and oxygen atoms in total. The Morgan fingerprint density at radius 2 is 2.04 bits per heavy atom. The molecule has 0 aromatic carbocycles. The Balaban J connectivity index is 0.00000242. The number of thioether (sulfide) groups is 1. The molecule has 0 bridgehead atoms. The van der Waals surface area contributed by atoms with Gasteiger partial charge in [-0.1, -0.05) is 0 Å². The van der Waals surface area contributed by atoms with E-state index in [1.807, 2.05) is 38.2 Å². The minimum atomic E-state index is -0.0864. The Labute approximate surface area is 153 Å². The quantitative estimate of drug-likeness (QED) is 0.725. The van der Waals surface area contributed by atoms with Gasteiger partial charge in [-0.15, -0.1) is 24.8 Å². The van der Waals surface area contributed by atoms with E-state index in [4.69, 9.17) is 4.42 Å². The van der Waals surface area contributed by atoms with Crippen LogP contribution in [0.1, 0.15) is 11.5 Å². The molecule has 1 aromatic rings. The maximum Gasteiger partial charge on any atom is 0.268 e. The van der Waals surface area contributed by atoms with Gasteiger partial charge < -0.3 is 19.5 Å². The van der Waals surface area contributed by atoms with Gasteiger partial charge in [-0.25, -0.2) is 0 Å². The average Bonchev–Trinajstić information content (AvgIpc) is 2.95. The van der Waals surface area contributed by atoms with E-state index in [0.29, 0.717) is 12.5 Å². The van der Waals surface area contributed by atoms with Crippen LogP contribution in [0, 0.1) is 0 Å². The van der Waals surface area contributed by atoms with Crippen LogP contribution < -0.4 is 5.32 Å². The van der Waals surface area contributed by atoms with Gasteiger partial charge in [0.05, 0.1) is 12.3 Å². The minimum absolute atomic E-state index is 0. The number of nitrogens with zero attached hydrogens (tertiary/aromatic N) is 3. The molecule has 1 N–H and O–H groups in total. The van der Waals surface area contributed by atoms with Gasteiger partial charge in [0.2, 0.25) is 5.96 Å². The lowest BCUT2D eigenvalue weighted by Crippen LogP contribution is -2.36. The molecular formula is C14H24Cl2N4O2S. The number of carbonyl (C=O) groups is 1. The van der Waals surface area contributed by atoms with E-state index < -0.39 is 0 Å². The summed E-state index contributed by atoms with van der Waals surface area (Å²) in [5.41, 5.74) is 0. The van der Waals surface area contributed by atoms with Crippen molar-refractivity contribution in [1.29, 1.82) is 0 Å². The summed E-state index contributed by atoms with van der Waals surface area (Å²) in [6, 6.07) is 4.06. The summed E-state index contributed by atoms with van der Waals surface area (Å²) in [5, 5.41) is 3.18. The van der Waals surface area contributed by atoms with Crippen molar-refractivity contribution >= 4 is 48.4 Å². The Kier molecular flexibility index (Phi) is 10.4. The molecule has 9 heteroatoms. The molecule has 2 rings (SSSR count). The standard InChI is InChI=1S/C14H22N4O2S.2ClH/c1-17(2)8-11-4-5-12(20-11)10-21-7-6-15-14-16-13(19)9-18(14)3;;/h4-5H,6-10H2,1-3H3,(H,15,16,19);2*1H. The molecule has 1 aliphatic rings. The van der Waals surface area contributed by atoms with Crippen LogP contribution >= 0.6 is 36.6 Å². The number of guanidine groups is 1. The third kappa shape index (κ3) is 7.48. The van der Waals surface area contributed by atoms with Gasteiger partial charge in [-0.05, 0) is 26.2 Å². The molecule has 1 amide bonds. The van der Waals surface area contributed by atoms with E-state index in [1.54, 1.807) is 11.8 Å². The van der Waals surface area contributed by atoms with Crippen molar-refractivity contribution in [2.24, 2.45) is 4.99 Å². The second-order valence-corrected chi connectivity index (χ2v) is 6.38. The largest absolute Gasteiger partial charge is 0.464 e. The van der Waals surface area contributed by atoms with Crippen molar-refractivity contribution < 1.29 is 9.21 Å². The fourth-order valence-corrected chi connectivity index (χ4v) is 2.74. The summed E-state index contributed by atoms with van der Waals surface area (Å²) in [4.78, 5) is 19.0. The Morgan fingerprint density at radius 1 is 1.35 bits per heavy atom. The molecular weight excluding hydrogens is 359 g/mol. The first-order chi connectivity index (χ1) is 10.0. The average molecular weight is 383 g/mol. The first-order valence-corrected chi connectivity index (χ1v) is 8.06. The highest BCUT2D eigenvalue weighted by Crippen LogP contribution is 2.15. The number of rotatable bonds is 7. The maximum atomic E-state index is 11.1. The normalized spacial score (nSPS) is 13.7. The fourth-order valence-electron chi connectivity index (χ4n) is 2.00. The Morgan fingerprint density at radius 3 is 2.65 bits per heavy atom.